The number of phenols is 1. The predicted octanol–water partition coefficient (Wildman–Crippen LogP) is 6.88. The summed E-state index contributed by atoms with van der Waals surface area (Å²) in [6.45, 7) is 10.6. The maximum Gasteiger partial charge on any atom is 0.226 e. The molecule has 0 bridgehead atoms. The van der Waals surface area contributed by atoms with Crippen molar-refractivity contribution in [3.8, 4) is 5.75 Å². The molecule has 5 fully saturated rings. The Labute approximate surface area is 230 Å². The fourth-order valence-corrected chi connectivity index (χ4v) is 11.8. The van der Waals surface area contributed by atoms with Crippen molar-refractivity contribution in [1.29, 1.82) is 0 Å². The number of aliphatic hydroxyl groups excluding tert-OH is 1. The van der Waals surface area contributed by atoms with E-state index in [1.807, 2.05) is 12.1 Å². The molecule has 0 saturated heterocycles. The summed E-state index contributed by atoms with van der Waals surface area (Å²) in [5, 5.41) is 23.8. The minimum Gasteiger partial charge on any atom is -0.508 e. The molecule has 1 amide bonds. The van der Waals surface area contributed by atoms with Gasteiger partial charge >= 0.3 is 0 Å². The van der Waals surface area contributed by atoms with Gasteiger partial charge in [-0.3, -0.25) is 4.79 Å². The Morgan fingerprint density at radius 1 is 0.842 bits per heavy atom. The highest BCUT2D eigenvalue weighted by Gasteiger charge is 2.66. The Hall–Kier alpha value is -1.55. The molecule has 5 aliphatic rings. The molecule has 210 valence electrons. The molecule has 0 radical (unpaired) electrons. The van der Waals surface area contributed by atoms with Crippen LogP contribution in [-0.2, 0) is 11.2 Å². The van der Waals surface area contributed by atoms with Crippen molar-refractivity contribution in [3.63, 3.8) is 0 Å². The van der Waals surface area contributed by atoms with E-state index in [1.54, 1.807) is 12.1 Å². The molecule has 0 aliphatic heterocycles. The van der Waals surface area contributed by atoms with E-state index >= 15 is 0 Å². The van der Waals surface area contributed by atoms with Gasteiger partial charge in [-0.2, -0.15) is 0 Å². The van der Waals surface area contributed by atoms with Crippen molar-refractivity contribution in [2.24, 2.45) is 51.2 Å². The number of benzene rings is 1. The summed E-state index contributed by atoms with van der Waals surface area (Å²) >= 11 is 0. The molecule has 1 aromatic rings. The first-order valence-electron chi connectivity index (χ1n) is 15.8. The molecule has 9 unspecified atom stereocenters. The van der Waals surface area contributed by atoms with Gasteiger partial charge in [-0.1, -0.05) is 46.2 Å². The molecule has 6 rings (SSSR count). The highest BCUT2D eigenvalue weighted by molar-refractivity contribution is 5.83. The Morgan fingerprint density at radius 2 is 1.58 bits per heavy atom. The third kappa shape index (κ3) is 3.82. The Balaban J connectivity index is 1.18. The van der Waals surface area contributed by atoms with Crippen LogP contribution in [0.1, 0.15) is 104 Å². The van der Waals surface area contributed by atoms with Crippen molar-refractivity contribution in [1.82, 2.24) is 5.32 Å². The number of amides is 1. The van der Waals surface area contributed by atoms with E-state index in [0.29, 0.717) is 41.0 Å². The van der Waals surface area contributed by atoms with Gasteiger partial charge in [0.15, 0.2) is 0 Å². The molecule has 0 heterocycles. The second kappa shape index (κ2) is 9.25. The van der Waals surface area contributed by atoms with Crippen LogP contribution in [0.2, 0.25) is 0 Å². The highest BCUT2D eigenvalue weighted by atomic mass is 16.3. The standard InChI is InChI=1S/C34H51NO3/c1-31(2)27-14-18-32(3)25-13-20-34(30(38)35-21-16-22-7-9-23(36)10-8-22)17-5-6-26(34)24(25)11-12-28(32)33(27,4)19-15-29(31)37/h7-10,24-29,36-37H,5-6,11-21H2,1-4H3,(H,35,38). The number of rotatable bonds is 4. The lowest BCUT2D eigenvalue weighted by Gasteiger charge is -2.69. The number of phenolic OH excluding ortho intramolecular Hbond substituents is 1. The van der Waals surface area contributed by atoms with Gasteiger partial charge in [0.05, 0.1) is 11.5 Å². The van der Waals surface area contributed by atoms with E-state index in [-0.39, 0.29) is 22.7 Å². The molecule has 3 N–H and O–H groups in total. The molecule has 9 atom stereocenters. The largest absolute Gasteiger partial charge is 0.508 e. The summed E-state index contributed by atoms with van der Waals surface area (Å²) in [6, 6.07) is 7.36. The van der Waals surface area contributed by atoms with E-state index in [4.69, 9.17) is 0 Å². The van der Waals surface area contributed by atoms with Gasteiger partial charge in [-0.25, -0.2) is 0 Å². The van der Waals surface area contributed by atoms with Crippen molar-refractivity contribution in [2.75, 3.05) is 6.54 Å². The van der Waals surface area contributed by atoms with E-state index < -0.39 is 0 Å². The zero-order chi connectivity index (χ0) is 26.9. The molecule has 4 nitrogen and oxygen atoms in total. The maximum absolute atomic E-state index is 13.8. The predicted molar refractivity (Wildman–Crippen MR) is 151 cm³/mol. The zero-order valence-electron chi connectivity index (χ0n) is 24.3. The third-order valence-electron chi connectivity index (χ3n) is 13.6. The number of hydrogen-bond acceptors (Lipinski definition) is 3. The van der Waals surface area contributed by atoms with Crippen LogP contribution in [-0.4, -0.2) is 28.8 Å². The number of fused-ring (bicyclic) bond motifs is 7. The van der Waals surface area contributed by atoms with E-state index in [0.717, 1.165) is 43.1 Å². The number of aliphatic hydroxyl groups is 1. The first kappa shape index (κ1) is 26.7. The molecular formula is C34H51NO3. The van der Waals surface area contributed by atoms with E-state index in [2.05, 4.69) is 33.0 Å². The van der Waals surface area contributed by atoms with Gasteiger partial charge in [-0.15, -0.1) is 0 Å². The van der Waals surface area contributed by atoms with Crippen LogP contribution in [0.25, 0.3) is 0 Å². The molecular weight excluding hydrogens is 470 g/mol. The first-order valence-corrected chi connectivity index (χ1v) is 15.8. The maximum atomic E-state index is 13.8. The zero-order valence-corrected chi connectivity index (χ0v) is 24.3. The van der Waals surface area contributed by atoms with Crippen LogP contribution in [0.3, 0.4) is 0 Å². The Kier molecular flexibility index (Phi) is 6.49. The average Bonchev–Trinajstić information content (AvgIpc) is 3.33. The lowest BCUT2D eigenvalue weighted by atomic mass is 9.36. The monoisotopic (exact) mass is 521 g/mol. The molecule has 0 spiro atoms. The van der Waals surface area contributed by atoms with Crippen molar-refractivity contribution >= 4 is 5.91 Å². The number of nitrogens with one attached hydrogen (secondary N) is 1. The Morgan fingerprint density at radius 3 is 2.34 bits per heavy atom. The van der Waals surface area contributed by atoms with Crippen molar-refractivity contribution in [3.05, 3.63) is 29.8 Å². The quantitative estimate of drug-likeness (QED) is 0.405. The summed E-state index contributed by atoms with van der Waals surface area (Å²) < 4.78 is 0. The lowest BCUT2D eigenvalue weighted by molar-refractivity contribution is -0.214. The first-order chi connectivity index (χ1) is 18.0. The van der Waals surface area contributed by atoms with Gasteiger partial charge in [0, 0.05) is 6.54 Å². The number of carbonyl (C=O) groups is 1. The normalized spacial score (nSPS) is 45.3. The molecule has 4 heteroatoms. The van der Waals surface area contributed by atoms with Gasteiger partial charge in [0.25, 0.3) is 0 Å². The SMILES string of the molecule is CC1(C)C(O)CCC2(C)C1CCC1(C)C3CCC4(C(=O)NCCc5ccc(O)cc5)CCCC4C3CCC12. The number of carbonyl (C=O) groups excluding carboxylic acids is 1. The molecule has 5 saturated carbocycles. The van der Waals surface area contributed by atoms with Gasteiger partial charge < -0.3 is 15.5 Å². The van der Waals surface area contributed by atoms with E-state index in [9.17, 15) is 15.0 Å². The highest BCUT2D eigenvalue weighted by Crippen LogP contribution is 2.72. The van der Waals surface area contributed by atoms with Crippen LogP contribution in [0.4, 0.5) is 0 Å². The second-order valence-electron chi connectivity index (χ2n) is 15.2. The number of hydrogen-bond donors (Lipinski definition) is 3. The van der Waals surface area contributed by atoms with Gasteiger partial charge in [-0.05, 0) is 134 Å². The minimum absolute atomic E-state index is 0.0105. The van der Waals surface area contributed by atoms with Crippen LogP contribution >= 0.6 is 0 Å². The summed E-state index contributed by atoms with van der Waals surface area (Å²) in [5.74, 6) is 3.95. The molecule has 5 aliphatic carbocycles. The second-order valence-corrected chi connectivity index (χ2v) is 15.2. The number of aromatic hydroxyl groups is 1. The van der Waals surface area contributed by atoms with Crippen LogP contribution in [0.5, 0.6) is 5.75 Å². The van der Waals surface area contributed by atoms with Crippen LogP contribution in [0.15, 0.2) is 24.3 Å². The average molecular weight is 522 g/mol. The minimum atomic E-state index is -0.164. The van der Waals surface area contributed by atoms with Crippen LogP contribution in [0, 0.1) is 51.2 Å². The summed E-state index contributed by atoms with van der Waals surface area (Å²) in [6.07, 6.45) is 13.7. The summed E-state index contributed by atoms with van der Waals surface area (Å²) in [7, 11) is 0. The van der Waals surface area contributed by atoms with Crippen LogP contribution < -0.4 is 5.32 Å². The fraction of sp³-hybridized carbons (Fsp3) is 0.794. The smallest absolute Gasteiger partial charge is 0.226 e. The van der Waals surface area contributed by atoms with Crippen molar-refractivity contribution in [2.45, 2.75) is 111 Å². The van der Waals surface area contributed by atoms with Crippen molar-refractivity contribution < 1.29 is 15.0 Å². The summed E-state index contributed by atoms with van der Waals surface area (Å²) in [5.41, 5.74) is 1.71. The topological polar surface area (TPSA) is 69.6 Å². The molecule has 38 heavy (non-hydrogen) atoms. The third-order valence-corrected chi connectivity index (χ3v) is 13.6. The Bertz CT molecular complexity index is 1050. The summed E-state index contributed by atoms with van der Waals surface area (Å²) in [4.78, 5) is 13.8. The molecule has 0 aromatic heterocycles. The van der Waals surface area contributed by atoms with Gasteiger partial charge in [0.2, 0.25) is 5.91 Å². The lowest BCUT2D eigenvalue weighted by Crippen LogP contribution is -2.63. The fourth-order valence-electron chi connectivity index (χ4n) is 11.8. The molecule has 1 aromatic carbocycles. The van der Waals surface area contributed by atoms with E-state index in [1.165, 1.54) is 51.4 Å². The van der Waals surface area contributed by atoms with Gasteiger partial charge in [0.1, 0.15) is 5.75 Å².